The van der Waals surface area contributed by atoms with Crippen molar-refractivity contribution in [2.24, 2.45) is 41.4 Å². The Kier molecular flexibility index (Phi) is 102. The predicted octanol–water partition coefficient (Wildman–Crippen LogP) is -4.74. The first-order valence-electron chi connectivity index (χ1n) is 34.7. The summed E-state index contributed by atoms with van der Waals surface area (Å²) in [5, 5.41) is 134. The molecule has 0 radical (unpaired) electrons. The Morgan fingerprint density at radius 2 is 1.05 bits per heavy atom. The zero-order valence-electron chi connectivity index (χ0n) is 72.2. The van der Waals surface area contributed by atoms with Gasteiger partial charge in [0.2, 0.25) is 7.37 Å². The number of aromatic nitrogens is 1. The Balaban J connectivity index is -0.000000135. The number of carbonyl (C=O) groups is 1. The van der Waals surface area contributed by atoms with Gasteiger partial charge in [0.15, 0.2) is 11.1 Å². The van der Waals surface area contributed by atoms with Crippen LogP contribution < -0.4 is 79.4 Å². The van der Waals surface area contributed by atoms with Crippen molar-refractivity contribution in [2.45, 2.75) is 113 Å². The molecule has 4 heterocycles. The molecule has 3 aliphatic rings. The summed E-state index contributed by atoms with van der Waals surface area (Å²) in [5.41, 5.74) is 3.13. The molecule has 0 aromatic carbocycles. The van der Waals surface area contributed by atoms with Crippen LogP contribution in [0.1, 0.15) is 92.1 Å². The summed E-state index contributed by atoms with van der Waals surface area (Å²) in [5.74, 6) is 1.78. The van der Waals surface area contributed by atoms with Gasteiger partial charge in [-0.1, -0.05) is 85.3 Å². The number of esters is 1. The molecule has 3 fully saturated rings. The fraction of sp³-hybridized carbons (Fsp3) is 0.885. The number of aryl methyl sites for hydroxylation is 2. The summed E-state index contributed by atoms with van der Waals surface area (Å²) in [6.07, 6.45) is -3.03. The summed E-state index contributed by atoms with van der Waals surface area (Å²) in [4.78, 5) is 187. The van der Waals surface area contributed by atoms with Crippen LogP contribution in [0, 0.1) is 182 Å². The summed E-state index contributed by atoms with van der Waals surface area (Å²) in [6, 6.07) is 1.89. The smallest absolute Gasteiger partial charge is 0.811 e. The number of carbonyl (C=O) groups excluding carboxylic acids is 1. The van der Waals surface area contributed by atoms with Gasteiger partial charge in [-0.25, -0.2) is 17.6 Å². The van der Waals surface area contributed by atoms with E-state index in [1.807, 2.05) is 44.7 Å². The fourth-order valence-electron chi connectivity index (χ4n) is 6.49. The maximum Gasteiger partial charge on any atom is 2.00 e. The number of rotatable bonds is 48. The first kappa shape index (κ1) is 150. The first-order valence-corrected chi connectivity index (χ1v) is 50.2. The molecule has 0 aliphatic carbocycles. The molecule has 14 unspecified atom stereocenters. The Hall–Kier alpha value is -5.09. The minimum absolute atomic E-state index is 0. The molecule has 4 rings (SSSR count). The van der Waals surface area contributed by atoms with Gasteiger partial charge in [0.25, 0.3) is 66.1 Å². The third kappa shape index (κ3) is 119. The number of hydrogen-bond donors (Lipinski definition) is 0. The molecule has 65 nitrogen and oxygen atoms in total. The van der Waals surface area contributed by atoms with E-state index in [-0.39, 0.29) is 195 Å². The Morgan fingerprint density at radius 1 is 0.644 bits per heavy atom. The van der Waals surface area contributed by atoms with Crippen LogP contribution in [-0.2, 0) is 161 Å². The van der Waals surface area contributed by atoms with Gasteiger partial charge in [0.1, 0.15) is 80.9 Å². The van der Waals surface area contributed by atoms with E-state index in [0.29, 0.717) is 49.7 Å². The Morgan fingerprint density at radius 3 is 1.33 bits per heavy atom. The molecule has 80 heteroatoms. The Bertz CT molecular complexity index is 3960. The van der Waals surface area contributed by atoms with Gasteiger partial charge < -0.3 is 96.0 Å². The van der Waals surface area contributed by atoms with Crippen LogP contribution in [0.4, 0.5) is 0 Å². The van der Waals surface area contributed by atoms with E-state index in [1.54, 1.807) is 39.0 Å². The minimum atomic E-state index is -5.07. The number of hydrogen-bond acceptors (Lipinski definition) is 58. The van der Waals surface area contributed by atoms with E-state index < -0.39 is 172 Å². The van der Waals surface area contributed by atoms with Crippen LogP contribution in [0.2, 0.25) is 0 Å². The number of cyclic esters (lactones) is 1. The SMILES string of the molecule is CC(CBr)CO[N+](=O)[O-].CC(CC#N)CO[N+](=O)[O-].CC(CCl)CO[N+](=O)[O-].CC(CO[N+](=O)[O-])CSC#N.CC1COC(=O)C1.CC1COS(=O)(=O)C1.CC1COS(=O)C1.CCCc1scnc1C.CCOP(C)(=O)CC(CO[N+](=O)[O-])O[N+](=O)[O-].O=[N+]([O-])OCC(CP(=O)([O-])[O-])O[N+](=O)[O-].O=[N+]([O-])OCC(CS(=O)(=S)O[O-])O[N+](=O)[O-].O=[N+]([O-])OCCS(=O)(=S)O[O-].[Ba+2].[Na+].[Na+]. The monoisotopic (exact) mass is 2350 g/mol. The molecule has 132 heavy (non-hydrogen) atoms. The molecule has 754 valence electrons. The topological polar surface area (TPSA) is 921 Å². The van der Waals surface area contributed by atoms with Gasteiger partial charge in [-0.2, -0.15) is 18.9 Å². The van der Waals surface area contributed by atoms with Gasteiger partial charge in [0, 0.05) is 69.4 Å². The molecular formula is C52H94BaBrClN14Na2O51P2S8. The van der Waals surface area contributed by atoms with E-state index in [1.165, 1.54) is 30.1 Å². The number of ether oxygens (including phenoxy) is 1. The van der Waals surface area contributed by atoms with E-state index in [2.05, 4.69) is 128 Å². The van der Waals surface area contributed by atoms with Crippen LogP contribution in [0.5, 0.6) is 0 Å². The largest absolute Gasteiger partial charge is 2.00 e. The predicted molar refractivity (Wildman–Crippen MR) is 442 cm³/mol. The second-order valence-corrected chi connectivity index (χ2v) is 40.7. The summed E-state index contributed by atoms with van der Waals surface area (Å²) in [6.45, 7) is 19.2. The normalized spacial score (nSPS) is 16.9. The van der Waals surface area contributed by atoms with Crippen molar-refractivity contribution < 1.29 is 250 Å². The van der Waals surface area contributed by atoms with Crippen molar-refractivity contribution in [2.75, 3.05) is 138 Å². The molecule has 1 aromatic rings. The molecule has 0 spiro atoms. The summed E-state index contributed by atoms with van der Waals surface area (Å²) in [7, 11) is -18.4. The molecule has 0 N–H and O–H groups in total. The first-order chi connectivity index (χ1) is 59.4. The molecule has 1 aromatic heterocycles. The van der Waals surface area contributed by atoms with Gasteiger partial charge in [-0.05, 0) is 67.5 Å². The third-order valence-corrected chi connectivity index (χ3v) is 23.9. The quantitative estimate of drug-likeness (QED) is 0.00680. The van der Waals surface area contributed by atoms with Crippen LogP contribution in [-0.4, -0.2) is 293 Å². The molecule has 14 atom stereocenters. The minimum Gasteiger partial charge on any atom is -0.811 e. The third-order valence-electron chi connectivity index (χ3n) is 11.8. The zero-order chi connectivity index (χ0) is 102. The molecule has 0 amide bonds. The molecular weight excluding hydrogens is 2250 g/mol. The van der Waals surface area contributed by atoms with E-state index >= 15 is 0 Å². The van der Waals surface area contributed by atoms with Crippen LogP contribution in [0.15, 0.2) is 5.51 Å². The average Bonchev–Trinajstić information content (AvgIpc) is 1.65. The van der Waals surface area contributed by atoms with Crippen molar-refractivity contribution in [3.8, 4) is 11.5 Å². The molecule has 0 bridgehead atoms. The number of thiazole rings is 1. The van der Waals surface area contributed by atoms with Crippen molar-refractivity contribution in [3.63, 3.8) is 0 Å². The number of nitriles is 2. The van der Waals surface area contributed by atoms with E-state index in [0.717, 1.165) is 22.8 Å². The number of thioether (sulfide) groups is 1. The molecule has 3 aliphatic heterocycles. The molecule has 3 saturated heterocycles. The van der Waals surface area contributed by atoms with Gasteiger partial charge >= 0.3 is 114 Å². The average molecular weight is 2350 g/mol. The van der Waals surface area contributed by atoms with Gasteiger partial charge in [-0.15, -0.1) is 134 Å². The number of alkyl halides is 2. The van der Waals surface area contributed by atoms with Crippen molar-refractivity contribution in [1.29, 1.82) is 10.5 Å². The fourth-order valence-corrected chi connectivity index (χ4v) is 14.4. The van der Waals surface area contributed by atoms with Gasteiger partial charge in [-0.3, -0.25) is 17.7 Å². The van der Waals surface area contributed by atoms with Crippen molar-refractivity contribution in [3.05, 3.63) is 127 Å². The van der Waals surface area contributed by atoms with Crippen LogP contribution in [0.25, 0.3) is 0 Å². The molecule has 0 saturated carbocycles. The van der Waals surface area contributed by atoms with Crippen molar-refractivity contribution in [1.82, 2.24) is 4.98 Å². The van der Waals surface area contributed by atoms with Crippen LogP contribution >= 0.6 is 65.6 Å². The maximum absolute atomic E-state index is 11.7. The standard InChI is InChI=1S/C7H11NS.C6H13N2O8P.C5H8N2O3S.C5H8N2O3.C5H8O2.C4H8BrNO3.C4H8ClNO3.C4H8O3S.C4H8O2S.C3H7N2O9P.C3H6N2O9S2.C2H5NO6S2.Ba.2Na/c1-3-4-7-6(2)8-5-9-7;1-3-15-17(2,13)5-6(16-8(11)12)4-14-7(9)10;1-5(3-11-4-6)2-10-7(8)9;1-5(2-3-6)4-10-7(8)9;1-4-2-5(6)7-3-4;2*1-4(2-5)3-9-6(7)8;1-4-2-7-8(5,6)3-4;1-4-2-6-7(5)3-4;6-4(7)13-1-3(14-5(8)9)2-15(10,11)12;6-4(7)12-1-3(13-5(8)9)2-16(11,15)14-10;4-3(5)8-1-2-11(7,10)9-6;;;/h5H,3-4H2,1-2H3;6H,3-5H2,1-2H3;5H,2-3H2,1H3;5H,2,4H2,1H3;4H,2-3H2,1H3;2*4H,2-3H2,1H3;4H,2-3H2,1H3;4H,2-3H2,1H3;3H,1-2H2,(H2,10,11,12);3,10H,1-2H2;6H,1-2H2;;;/q;;;;;;;;;;;;+2;2*+1/p-4. The Labute approximate surface area is 869 Å². The maximum atomic E-state index is 11.7. The van der Waals surface area contributed by atoms with E-state index in [9.17, 15) is 167 Å². The number of halogens is 2. The van der Waals surface area contributed by atoms with Crippen LogP contribution in [0.3, 0.4) is 0 Å². The number of thiocyanates is 1. The summed E-state index contributed by atoms with van der Waals surface area (Å²) < 4.78 is 99.4. The van der Waals surface area contributed by atoms with Gasteiger partial charge in [0.05, 0.1) is 92.5 Å². The second-order valence-electron chi connectivity index (χ2n) is 24.6. The van der Waals surface area contributed by atoms with E-state index in [4.69, 9.17) is 30.8 Å². The number of nitrogens with zero attached hydrogens (tertiary/aromatic N) is 14. The summed E-state index contributed by atoms with van der Waals surface area (Å²) >= 11 is 18.6. The second kappa shape index (κ2) is 89.8. The van der Waals surface area contributed by atoms with Crippen molar-refractivity contribution >= 4 is 182 Å². The zero-order valence-corrected chi connectivity index (χ0v) is 91.3.